The molecule has 0 unspecified atom stereocenters. The van der Waals surface area contributed by atoms with Gasteiger partial charge >= 0.3 is 0 Å². The smallest absolute Gasteiger partial charge is 0.134 e. The van der Waals surface area contributed by atoms with E-state index in [1.54, 1.807) is 6.07 Å². The number of halogens is 2. The lowest BCUT2D eigenvalue weighted by Crippen LogP contribution is -2.04. The summed E-state index contributed by atoms with van der Waals surface area (Å²) in [5.41, 5.74) is 3.73. The Hall–Kier alpha value is -1.87. The summed E-state index contributed by atoms with van der Waals surface area (Å²) in [5.74, 6) is -0.216. The number of nitrogens with zero attached hydrogens (tertiary/aromatic N) is 2. The van der Waals surface area contributed by atoms with Gasteiger partial charge in [0.15, 0.2) is 0 Å². The molecule has 0 aliphatic rings. The molecule has 0 aliphatic carbocycles. The van der Waals surface area contributed by atoms with E-state index in [1.165, 1.54) is 6.07 Å². The van der Waals surface area contributed by atoms with Gasteiger partial charge < -0.3 is 0 Å². The third-order valence-corrected chi connectivity index (χ3v) is 4.15. The summed E-state index contributed by atoms with van der Waals surface area (Å²) < 4.78 is 15.9. The Bertz CT molecular complexity index is 788. The minimum absolute atomic E-state index is 0.216. The molecule has 1 aromatic heterocycles. The lowest BCUT2D eigenvalue weighted by Gasteiger charge is -2.09. The van der Waals surface area contributed by atoms with Crippen LogP contribution < -0.4 is 0 Å². The van der Waals surface area contributed by atoms with Crippen molar-refractivity contribution in [3.63, 3.8) is 0 Å². The molecular weight excluding hydrogens is 287 g/mol. The van der Waals surface area contributed by atoms with Crippen LogP contribution >= 0.6 is 11.6 Å². The molecule has 2 nitrogen and oxygen atoms in total. The van der Waals surface area contributed by atoms with Crippen molar-refractivity contribution >= 4 is 22.5 Å². The highest BCUT2D eigenvalue weighted by molar-refractivity contribution is 6.31. The van der Waals surface area contributed by atoms with Crippen molar-refractivity contribution in [3.8, 4) is 0 Å². The molecule has 0 N–H and O–H groups in total. The van der Waals surface area contributed by atoms with E-state index < -0.39 is 0 Å². The second-order valence-electron chi connectivity index (χ2n) is 5.13. The minimum atomic E-state index is -0.216. The maximum absolute atomic E-state index is 14.1. The predicted octanol–water partition coefficient (Wildman–Crippen LogP) is 4.75. The van der Waals surface area contributed by atoms with Gasteiger partial charge in [0.05, 0.1) is 23.1 Å². The molecule has 0 aliphatic heterocycles. The number of fused-ring (bicyclic) bond motifs is 1. The first-order valence-corrected chi connectivity index (χ1v) is 7.37. The van der Waals surface area contributed by atoms with E-state index in [0.29, 0.717) is 23.4 Å². The van der Waals surface area contributed by atoms with Crippen LogP contribution in [0.3, 0.4) is 0 Å². The number of hydrogen-bond acceptors (Lipinski definition) is 1. The van der Waals surface area contributed by atoms with Crippen molar-refractivity contribution in [3.05, 3.63) is 64.1 Å². The van der Waals surface area contributed by atoms with Crippen LogP contribution in [0.15, 0.2) is 36.4 Å². The molecule has 21 heavy (non-hydrogen) atoms. The van der Waals surface area contributed by atoms with Crippen LogP contribution in [0.25, 0.3) is 10.9 Å². The Kier molecular flexibility index (Phi) is 3.68. The molecule has 0 saturated heterocycles. The molecule has 0 bridgehead atoms. The van der Waals surface area contributed by atoms with Crippen molar-refractivity contribution in [2.24, 2.45) is 0 Å². The molecule has 0 saturated carbocycles. The van der Waals surface area contributed by atoms with Crippen LogP contribution in [0.5, 0.6) is 0 Å². The summed E-state index contributed by atoms with van der Waals surface area (Å²) in [4.78, 5) is 0. The highest BCUT2D eigenvalue weighted by Crippen LogP contribution is 2.26. The molecule has 108 valence electrons. The van der Waals surface area contributed by atoms with E-state index in [-0.39, 0.29) is 5.82 Å². The average Bonchev–Trinajstić information content (AvgIpc) is 2.82. The molecule has 1 heterocycles. The summed E-state index contributed by atoms with van der Waals surface area (Å²) in [5, 5.41) is 5.90. The molecule has 4 heteroatoms. The van der Waals surface area contributed by atoms with Crippen LogP contribution in [0.2, 0.25) is 5.02 Å². The van der Waals surface area contributed by atoms with E-state index in [2.05, 4.69) is 5.10 Å². The standard InChI is InChI=1S/C17H16ClFN2/c1-3-15-17-14(19)8-5-9-16(17)21(20-15)10-12-11(2)6-4-7-13(12)18/h4-9H,3,10H2,1-2H3. The summed E-state index contributed by atoms with van der Waals surface area (Å²) in [6.45, 7) is 4.55. The van der Waals surface area contributed by atoms with Gasteiger partial charge in [-0.2, -0.15) is 5.10 Å². The summed E-state index contributed by atoms with van der Waals surface area (Å²) in [6.07, 6.45) is 0.700. The van der Waals surface area contributed by atoms with Gasteiger partial charge in [0.25, 0.3) is 0 Å². The Balaban J connectivity index is 2.16. The maximum Gasteiger partial charge on any atom is 0.134 e. The van der Waals surface area contributed by atoms with Crippen LogP contribution in [0.1, 0.15) is 23.7 Å². The van der Waals surface area contributed by atoms with Crippen molar-refractivity contribution in [2.45, 2.75) is 26.8 Å². The number of rotatable bonds is 3. The normalized spacial score (nSPS) is 11.2. The topological polar surface area (TPSA) is 17.8 Å². The SMILES string of the molecule is CCc1nn(Cc2c(C)cccc2Cl)c2cccc(F)c12. The average molecular weight is 303 g/mol. The van der Waals surface area contributed by atoms with Gasteiger partial charge in [-0.05, 0) is 42.7 Å². The van der Waals surface area contributed by atoms with Gasteiger partial charge in [0.2, 0.25) is 0 Å². The molecular formula is C17H16ClFN2. The number of benzene rings is 2. The zero-order valence-corrected chi connectivity index (χ0v) is 12.8. The molecule has 0 amide bonds. The van der Waals surface area contributed by atoms with E-state index in [1.807, 2.05) is 42.8 Å². The molecule has 3 rings (SSSR count). The minimum Gasteiger partial charge on any atom is -0.260 e. The lowest BCUT2D eigenvalue weighted by atomic mass is 10.1. The Morgan fingerprint density at radius 2 is 1.95 bits per heavy atom. The zero-order chi connectivity index (χ0) is 15.0. The van der Waals surface area contributed by atoms with Gasteiger partial charge in [-0.1, -0.05) is 36.7 Å². The first kappa shape index (κ1) is 14.1. The predicted molar refractivity (Wildman–Crippen MR) is 84.4 cm³/mol. The molecule has 0 atom stereocenters. The van der Waals surface area contributed by atoms with Gasteiger partial charge in [-0.3, -0.25) is 4.68 Å². The van der Waals surface area contributed by atoms with E-state index >= 15 is 0 Å². The van der Waals surface area contributed by atoms with Gasteiger partial charge in [-0.25, -0.2) is 4.39 Å². The summed E-state index contributed by atoms with van der Waals surface area (Å²) >= 11 is 6.29. The summed E-state index contributed by atoms with van der Waals surface area (Å²) in [6, 6.07) is 10.9. The van der Waals surface area contributed by atoms with Crippen molar-refractivity contribution in [1.29, 1.82) is 0 Å². The highest BCUT2D eigenvalue weighted by Gasteiger charge is 2.14. The second kappa shape index (κ2) is 5.49. The first-order chi connectivity index (χ1) is 10.1. The third-order valence-electron chi connectivity index (χ3n) is 3.80. The zero-order valence-electron chi connectivity index (χ0n) is 12.0. The second-order valence-corrected chi connectivity index (χ2v) is 5.53. The van der Waals surface area contributed by atoms with Crippen LogP contribution in [0, 0.1) is 12.7 Å². The number of aryl methyl sites for hydroxylation is 2. The summed E-state index contributed by atoms with van der Waals surface area (Å²) in [7, 11) is 0. The maximum atomic E-state index is 14.1. The van der Waals surface area contributed by atoms with Crippen molar-refractivity contribution in [2.75, 3.05) is 0 Å². The van der Waals surface area contributed by atoms with E-state index in [9.17, 15) is 4.39 Å². The molecule has 0 spiro atoms. The Morgan fingerprint density at radius 3 is 2.67 bits per heavy atom. The largest absolute Gasteiger partial charge is 0.260 e. The van der Waals surface area contributed by atoms with Crippen LogP contribution in [-0.2, 0) is 13.0 Å². The van der Waals surface area contributed by atoms with Crippen LogP contribution in [-0.4, -0.2) is 9.78 Å². The van der Waals surface area contributed by atoms with E-state index in [4.69, 9.17) is 11.6 Å². The number of hydrogen-bond donors (Lipinski definition) is 0. The van der Waals surface area contributed by atoms with Gasteiger partial charge in [0, 0.05) is 5.02 Å². The first-order valence-electron chi connectivity index (χ1n) is 6.99. The van der Waals surface area contributed by atoms with Crippen molar-refractivity contribution in [1.82, 2.24) is 9.78 Å². The molecule has 3 aromatic rings. The van der Waals surface area contributed by atoms with Crippen molar-refractivity contribution < 1.29 is 4.39 Å². The molecule has 0 radical (unpaired) electrons. The fraction of sp³-hybridized carbons (Fsp3) is 0.235. The quantitative estimate of drug-likeness (QED) is 0.683. The molecule has 0 fully saturated rings. The lowest BCUT2D eigenvalue weighted by molar-refractivity contribution is 0.639. The Labute approximate surface area is 128 Å². The third kappa shape index (κ3) is 2.42. The van der Waals surface area contributed by atoms with E-state index in [0.717, 1.165) is 22.3 Å². The molecule has 2 aromatic carbocycles. The monoisotopic (exact) mass is 302 g/mol. The highest BCUT2D eigenvalue weighted by atomic mass is 35.5. The van der Waals surface area contributed by atoms with Crippen LogP contribution in [0.4, 0.5) is 4.39 Å². The van der Waals surface area contributed by atoms with Gasteiger partial charge in [-0.15, -0.1) is 0 Å². The van der Waals surface area contributed by atoms with Gasteiger partial charge in [0.1, 0.15) is 5.82 Å². The fourth-order valence-corrected chi connectivity index (χ4v) is 2.93. The fourth-order valence-electron chi connectivity index (χ4n) is 2.65. The number of aromatic nitrogens is 2. The Morgan fingerprint density at radius 1 is 1.19 bits per heavy atom.